The van der Waals surface area contributed by atoms with E-state index in [9.17, 15) is 4.79 Å². The fourth-order valence-electron chi connectivity index (χ4n) is 5.36. The maximum Gasteiger partial charge on any atom is 0.322 e. The number of nitrogens with zero attached hydrogens (tertiary/aromatic N) is 1. The Morgan fingerprint density at radius 1 is 0.943 bits per heavy atom. The van der Waals surface area contributed by atoms with E-state index in [4.69, 9.17) is 4.74 Å². The van der Waals surface area contributed by atoms with E-state index < -0.39 is 0 Å². The number of hydrogen-bond acceptors (Lipinski definition) is 2. The minimum Gasteiger partial charge on any atom is -0.487 e. The van der Waals surface area contributed by atoms with Crippen LogP contribution in [0.2, 0.25) is 0 Å². The Morgan fingerprint density at radius 2 is 1.66 bits per heavy atom. The van der Waals surface area contributed by atoms with Gasteiger partial charge < -0.3 is 10.1 Å². The van der Waals surface area contributed by atoms with Gasteiger partial charge in [-0.15, -0.1) is 0 Å². The summed E-state index contributed by atoms with van der Waals surface area (Å²) in [5.41, 5.74) is 7.07. The number of carbonyl (C=O) groups excluding carboxylic acids is 1. The van der Waals surface area contributed by atoms with Gasteiger partial charge in [-0.3, -0.25) is 4.90 Å². The maximum absolute atomic E-state index is 13.1. The number of aryl methyl sites for hydroxylation is 1. The molecule has 2 aliphatic rings. The number of carbonyl (C=O) groups is 1. The van der Waals surface area contributed by atoms with Gasteiger partial charge in [0, 0.05) is 6.54 Å². The molecular formula is C31H36N2O2. The van der Waals surface area contributed by atoms with Crippen molar-refractivity contribution in [2.24, 2.45) is 0 Å². The van der Waals surface area contributed by atoms with Crippen molar-refractivity contribution in [3.05, 3.63) is 83.4 Å². The minimum atomic E-state index is -0.0712. The summed E-state index contributed by atoms with van der Waals surface area (Å²) in [7, 11) is 0. The lowest BCUT2D eigenvalue weighted by Gasteiger charge is -2.33. The Labute approximate surface area is 209 Å². The summed E-state index contributed by atoms with van der Waals surface area (Å²) in [4.78, 5) is 14.9. The Morgan fingerprint density at radius 3 is 2.40 bits per heavy atom. The van der Waals surface area contributed by atoms with Crippen molar-refractivity contribution in [2.45, 2.75) is 64.4 Å². The van der Waals surface area contributed by atoms with Crippen molar-refractivity contribution in [2.75, 3.05) is 18.0 Å². The van der Waals surface area contributed by atoms with Crippen LogP contribution in [0.1, 0.15) is 61.6 Å². The van der Waals surface area contributed by atoms with Crippen LogP contribution in [0.5, 0.6) is 5.75 Å². The molecule has 1 aliphatic heterocycles. The molecule has 4 heteroatoms. The van der Waals surface area contributed by atoms with E-state index in [1.807, 2.05) is 17.9 Å². The molecule has 3 aromatic carbocycles. The molecule has 1 fully saturated rings. The highest BCUT2D eigenvalue weighted by molar-refractivity contribution is 5.94. The van der Waals surface area contributed by atoms with E-state index in [-0.39, 0.29) is 12.1 Å². The standard InChI is InChI=1S/C31H36N2O2/c1-22-8-10-24(11-9-22)18-19-32-31(34)33-21-23(2)35-30-20-28(16-17-29(30)33)27-14-12-26(13-15-27)25-6-4-3-5-7-25/h8-17,20,23,25H,3-7,18-19,21H2,1-2H3,(H,32,34). The van der Waals surface area contributed by atoms with Gasteiger partial charge in [0.25, 0.3) is 0 Å². The summed E-state index contributed by atoms with van der Waals surface area (Å²) in [6.45, 7) is 5.24. The molecule has 35 heavy (non-hydrogen) atoms. The van der Waals surface area contributed by atoms with E-state index in [1.54, 1.807) is 0 Å². The second-order valence-corrected chi connectivity index (χ2v) is 10.1. The summed E-state index contributed by atoms with van der Waals surface area (Å²) < 4.78 is 6.16. The fourth-order valence-corrected chi connectivity index (χ4v) is 5.36. The average molecular weight is 469 g/mol. The Hall–Kier alpha value is -3.27. The highest BCUT2D eigenvalue weighted by Crippen LogP contribution is 2.38. The molecule has 5 rings (SSSR count). The summed E-state index contributed by atoms with van der Waals surface area (Å²) in [5.74, 6) is 1.48. The normalized spacial score (nSPS) is 18.0. The van der Waals surface area contributed by atoms with Gasteiger partial charge in [0.1, 0.15) is 11.9 Å². The second-order valence-electron chi connectivity index (χ2n) is 10.1. The quantitative estimate of drug-likeness (QED) is 0.428. The molecular weight excluding hydrogens is 432 g/mol. The van der Waals surface area contributed by atoms with E-state index in [1.165, 1.54) is 54.4 Å². The number of rotatable bonds is 5. The minimum absolute atomic E-state index is 0.0609. The number of fused-ring (bicyclic) bond motifs is 1. The third-order valence-electron chi connectivity index (χ3n) is 7.39. The second kappa shape index (κ2) is 10.6. The molecule has 0 aromatic heterocycles. The molecule has 0 bridgehead atoms. The predicted molar refractivity (Wildman–Crippen MR) is 143 cm³/mol. The molecule has 1 aliphatic carbocycles. The van der Waals surface area contributed by atoms with Crippen LogP contribution in [0.3, 0.4) is 0 Å². The predicted octanol–water partition coefficient (Wildman–Crippen LogP) is 7.25. The van der Waals surface area contributed by atoms with Crippen molar-refractivity contribution >= 4 is 11.7 Å². The van der Waals surface area contributed by atoms with Crippen molar-refractivity contribution in [1.82, 2.24) is 5.32 Å². The molecule has 0 radical (unpaired) electrons. The van der Waals surface area contributed by atoms with Gasteiger partial charge in [-0.05, 0) is 73.4 Å². The number of amides is 2. The molecule has 2 amide bonds. The van der Waals surface area contributed by atoms with Crippen molar-refractivity contribution in [1.29, 1.82) is 0 Å². The first-order chi connectivity index (χ1) is 17.1. The highest BCUT2D eigenvalue weighted by Gasteiger charge is 2.28. The van der Waals surface area contributed by atoms with Crippen molar-refractivity contribution in [3.63, 3.8) is 0 Å². The van der Waals surface area contributed by atoms with E-state index in [2.05, 4.69) is 72.9 Å². The number of urea groups is 1. The Kier molecular flexibility index (Phi) is 7.08. The van der Waals surface area contributed by atoms with Crippen molar-refractivity contribution < 1.29 is 9.53 Å². The zero-order chi connectivity index (χ0) is 24.2. The molecule has 1 atom stereocenters. The molecule has 0 spiro atoms. The third-order valence-corrected chi connectivity index (χ3v) is 7.39. The largest absolute Gasteiger partial charge is 0.487 e. The summed E-state index contributed by atoms with van der Waals surface area (Å²) in [6.07, 6.45) is 7.46. The van der Waals surface area contributed by atoms with Gasteiger partial charge >= 0.3 is 6.03 Å². The average Bonchev–Trinajstić information content (AvgIpc) is 2.89. The lowest BCUT2D eigenvalue weighted by Crippen LogP contribution is -2.47. The lowest BCUT2D eigenvalue weighted by molar-refractivity contribution is 0.205. The first kappa shape index (κ1) is 23.5. The zero-order valence-electron chi connectivity index (χ0n) is 20.9. The fraction of sp³-hybridized carbons (Fsp3) is 0.387. The van der Waals surface area contributed by atoms with E-state index in [0.717, 1.165) is 23.4 Å². The van der Waals surface area contributed by atoms with Crippen LogP contribution in [0.25, 0.3) is 11.1 Å². The molecule has 1 saturated carbocycles. The van der Waals surface area contributed by atoms with Crippen LogP contribution in [-0.4, -0.2) is 25.2 Å². The maximum atomic E-state index is 13.1. The lowest BCUT2D eigenvalue weighted by atomic mass is 9.84. The van der Waals surface area contributed by atoms with Crippen LogP contribution in [0.4, 0.5) is 10.5 Å². The summed E-state index contributed by atoms with van der Waals surface area (Å²) in [6, 6.07) is 23.6. The molecule has 1 heterocycles. The topological polar surface area (TPSA) is 41.6 Å². The smallest absolute Gasteiger partial charge is 0.322 e. The molecule has 3 aromatic rings. The van der Waals surface area contributed by atoms with Gasteiger partial charge in [-0.25, -0.2) is 4.79 Å². The van der Waals surface area contributed by atoms with Gasteiger partial charge in [0.2, 0.25) is 0 Å². The monoisotopic (exact) mass is 468 g/mol. The van der Waals surface area contributed by atoms with E-state index >= 15 is 0 Å². The Balaban J connectivity index is 1.27. The Bertz CT molecular complexity index is 1150. The summed E-state index contributed by atoms with van der Waals surface area (Å²) in [5, 5.41) is 3.09. The SMILES string of the molecule is Cc1ccc(CCNC(=O)N2CC(C)Oc3cc(-c4ccc(C5CCCCC5)cc4)ccc32)cc1. The molecule has 4 nitrogen and oxygen atoms in total. The molecule has 1 unspecified atom stereocenters. The zero-order valence-corrected chi connectivity index (χ0v) is 20.9. The van der Waals surface area contributed by atoms with Crippen LogP contribution < -0.4 is 15.0 Å². The number of ether oxygens (including phenoxy) is 1. The number of anilines is 1. The molecule has 0 saturated heterocycles. The first-order valence-corrected chi connectivity index (χ1v) is 13.1. The number of benzene rings is 3. The first-order valence-electron chi connectivity index (χ1n) is 13.1. The van der Waals surface area contributed by atoms with Gasteiger partial charge in [-0.1, -0.05) is 79.4 Å². The number of nitrogens with one attached hydrogen (secondary N) is 1. The van der Waals surface area contributed by atoms with Gasteiger partial charge in [0.15, 0.2) is 0 Å². The third kappa shape index (κ3) is 5.53. The van der Waals surface area contributed by atoms with Crippen molar-refractivity contribution in [3.8, 4) is 16.9 Å². The van der Waals surface area contributed by atoms with Crippen LogP contribution >= 0.6 is 0 Å². The van der Waals surface area contributed by atoms with Gasteiger partial charge in [0.05, 0.1) is 12.2 Å². The highest BCUT2D eigenvalue weighted by atomic mass is 16.5. The van der Waals surface area contributed by atoms with E-state index in [0.29, 0.717) is 19.0 Å². The van der Waals surface area contributed by atoms with Crippen LogP contribution in [0, 0.1) is 6.92 Å². The van der Waals surface area contributed by atoms with Crippen LogP contribution in [0.15, 0.2) is 66.7 Å². The van der Waals surface area contributed by atoms with Crippen LogP contribution in [-0.2, 0) is 6.42 Å². The molecule has 182 valence electrons. The summed E-state index contributed by atoms with van der Waals surface area (Å²) >= 11 is 0. The van der Waals surface area contributed by atoms with Gasteiger partial charge in [-0.2, -0.15) is 0 Å². The molecule has 1 N–H and O–H groups in total. The number of hydrogen-bond donors (Lipinski definition) is 1.